The van der Waals surface area contributed by atoms with Crippen LogP contribution in [0.5, 0.6) is 5.75 Å². The third-order valence-corrected chi connectivity index (χ3v) is 5.52. The molecule has 0 fully saturated rings. The summed E-state index contributed by atoms with van der Waals surface area (Å²) in [5.41, 5.74) is 1.15. The van der Waals surface area contributed by atoms with Crippen LogP contribution in [0, 0.1) is 6.92 Å². The Morgan fingerprint density at radius 3 is 2.00 bits per heavy atom. The van der Waals surface area contributed by atoms with E-state index in [1.165, 1.54) is 12.5 Å². The number of rotatable bonds is 4. The third-order valence-electron chi connectivity index (χ3n) is 5.52. The van der Waals surface area contributed by atoms with Crippen LogP contribution in [0.15, 0.2) is 61.1 Å². The Balaban J connectivity index is 0.00000237. The van der Waals surface area contributed by atoms with Gasteiger partial charge in [-0.2, -0.15) is 4.90 Å². The number of hydrogen-bond donors (Lipinski definition) is 2. The van der Waals surface area contributed by atoms with E-state index in [9.17, 15) is 14.7 Å². The van der Waals surface area contributed by atoms with E-state index in [2.05, 4.69) is 20.3 Å². The normalized spacial score (nSPS) is 11.3. The van der Waals surface area contributed by atoms with E-state index in [0.29, 0.717) is 22.2 Å². The largest absolute Gasteiger partial charge is 0.503 e. The highest BCUT2D eigenvalue weighted by Crippen LogP contribution is 2.35. The SMILES string of the molecule is CC.Cc1ccc(-c2ncnc(Nc3ccc4c(N(C(=O)OC(C)(C)C)C(=O)OC(C)(C)C)nccc4c3)c2O)cc1. The van der Waals surface area contributed by atoms with Crippen molar-refractivity contribution >= 4 is 40.3 Å². The van der Waals surface area contributed by atoms with Gasteiger partial charge in [-0.1, -0.05) is 43.7 Å². The highest BCUT2D eigenvalue weighted by atomic mass is 16.6. The van der Waals surface area contributed by atoms with Crippen molar-refractivity contribution in [1.29, 1.82) is 0 Å². The Kier molecular flexibility index (Phi) is 9.72. The second-order valence-electron chi connectivity index (χ2n) is 11.3. The van der Waals surface area contributed by atoms with Crippen molar-refractivity contribution < 1.29 is 24.2 Å². The molecule has 2 aromatic carbocycles. The van der Waals surface area contributed by atoms with E-state index in [-0.39, 0.29) is 17.4 Å². The molecular formula is C32H39N5O5. The number of nitrogens with one attached hydrogen (secondary N) is 1. The number of pyridine rings is 1. The second kappa shape index (κ2) is 12.8. The maximum atomic E-state index is 13.2. The molecule has 0 saturated heterocycles. The summed E-state index contributed by atoms with van der Waals surface area (Å²) < 4.78 is 11.0. The summed E-state index contributed by atoms with van der Waals surface area (Å²) in [5.74, 6) is 0.199. The molecule has 2 amide bonds. The van der Waals surface area contributed by atoms with Crippen molar-refractivity contribution in [2.75, 3.05) is 10.2 Å². The molecule has 42 heavy (non-hydrogen) atoms. The van der Waals surface area contributed by atoms with Crippen LogP contribution >= 0.6 is 0 Å². The molecule has 0 saturated carbocycles. The van der Waals surface area contributed by atoms with E-state index in [1.54, 1.807) is 65.8 Å². The molecular weight excluding hydrogens is 534 g/mol. The quantitative estimate of drug-likeness (QED) is 0.248. The van der Waals surface area contributed by atoms with Crippen LogP contribution in [-0.4, -0.2) is 43.4 Å². The van der Waals surface area contributed by atoms with Gasteiger partial charge >= 0.3 is 12.2 Å². The maximum Gasteiger partial charge on any atom is 0.425 e. The van der Waals surface area contributed by atoms with Crippen LogP contribution in [0.2, 0.25) is 0 Å². The Morgan fingerprint density at radius 2 is 1.43 bits per heavy atom. The summed E-state index contributed by atoms with van der Waals surface area (Å²) in [6.07, 6.45) is 1.05. The van der Waals surface area contributed by atoms with Crippen LogP contribution < -0.4 is 10.2 Å². The number of ether oxygens (including phenoxy) is 2. The predicted octanol–water partition coefficient (Wildman–Crippen LogP) is 8.15. The Morgan fingerprint density at radius 1 is 0.833 bits per heavy atom. The number of carbonyl (C=O) groups excluding carboxylic acids is 2. The molecule has 4 aromatic rings. The number of aryl methyl sites for hydroxylation is 1. The van der Waals surface area contributed by atoms with Gasteiger partial charge in [0, 0.05) is 22.8 Å². The minimum atomic E-state index is -0.904. The minimum Gasteiger partial charge on any atom is -0.503 e. The number of imide groups is 1. The number of carbonyl (C=O) groups is 2. The number of amides is 2. The van der Waals surface area contributed by atoms with Crippen molar-refractivity contribution in [1.82, 2.24) is 15.0 Å². The van der Waals surface area contributed by atoms with Crippen LogP contribution in [-0.2, 0) is 9.47 Å². The summed E-state index contributed by atoms with van der Waals surface area (Å²) in [5, 5.41) is 15.2. The topological polar surface area (TPSA) is 127 Å². The van der Waals surface area contributed by atoms with E-state index in [0.717, 1.165) is 16.0 Å². The van der Waals surface area contributed by atoms with Crippen molar-refractivity contribution in [3.63, 3.8) is 0 Å². The molecule has 2 aromatic heterocycles. The molecule has 2 heterocycles. The average Bonchev–Trinajstić information content (AvgIpc) is 2.90. The first-order valence-electron chi connectivity index (χ1n) is 13.7. The standard InChI is InChI=1S/C30H33N5O5.C2H6/c1-18-8-10-19(11-9-18)23-24(36)25(33-17-32-23)34-21-12-13-22-20(16-21)14-15-31-26(22)35(27(37)39-29(2,3)4)28(38)40-30(5,6)7;1-2/h8-17,36H,1-7H3,(H,32,33,34);1-2H3. The van der Waals surface area contributed by atoms with E-state index >= 15 is 0 Å². The molecule has 2 N–H and O–H groups in total. The lowest BCUT2D eigenvalue weighted by molar-refractivity contribution is 0.0429. The van der Waals surface area contributed by atoms with E-state index < -0.39 is 23.4 Å². The van der Waals surface area contributed by atoms with Gasteiger partial charge in [0.05, 0.1) is 0 Å². The van der Waals surface area contributed by atoms with E-state index in [1.807, 2.05) is 45.0 Å². The predicted molar refractivity (Wildman–Crippen MR) is 165 cm³/mol. The Bertz CT molecular complexity index is 1530. The lowest BCUT2D eigenvalue weighted by Crippen LogP contribution is -2.44. The third kappa shape index (κ3) is 7.93. The lowest BCUT2D eigenvalue weighted by atomic mass is 10.1. The molecule has 10 nitrogen and oxygen atoms in total. The van der Waals surface area contributed by atoms with Gasteiger partial charge in [-0.15, -0.1) is 0 Å². The Hall–Kier alpha value is -4.73. The second-order valence-corrected chi connectivity index (χ2v) is 11.3. The molecule has 4 rings (SSSR count). The van der Waals surface area contributed by atoms with Crippen molar-refractivity contribution in [3.8, 4) is 17.0 Å². The van der Waals surface area contributed by atoms with Crippen LogP contribution in [0.4, 0.5) is 26.9 Å². The number of nitrogens with zero attached hydrogens (tertiary/aromatic N) is 4. The molecule has 0 radical (unpaired) electrons. The minimum absolute atomic E-state index is 0.0686. The molecule has 0 aliphatic rings. The monoisotopic (exact) mass is 573 g/mol. The first-order valence-corrected chi connectivity index (χ1v) is 13.7. The molecule has 0 bridgehead atoms. The number of aromatic nitrogens is 3. The fraction of sp³-hybridized carbons (Fsp3) is 0.344. The number of hydrogen-bond acceptors (Lipinski definition) is 9. The fourth-order valence-electron chi connectivity index (χ4n) is 3.81. The highest BCUT2D eigenvalue weighted by Gasteiger charge is 2.34. The molecule has 0 atom stereocenters. The van der Waals surface area contributed by atoms with Gasteiger partial charge in [-0.3, -0.25) is 0 Å². The lowest BCUT2D eigenvalue weighted by Gasteiger charge is -2.28. The molecule has 10 heteroatoms. The van der Waals surface area contributed by atoms with Crippen LogP contribution in [0.1, 0.15) is 61.0 Å². The highest BCUT2D eigenvalue weighted by molar-refractivity contribution is 6.14. The zero-order chi connectivity index (χ0) is 31.2. The molecule has 0 unspecified atom stereocenters. The molecule has 222 valence electrons. The zero-order valence-electron chi connectivity index (χ0n) is 25.6. The van der Waals surface area contributed by atoms with Crippen molar-refractivity contribution in [2.24, 2.45) is 0 Å². The number of aromatic hydroxyl groups is 1. The first kappa shape index (κ1) is 31.8. The number of anilines is 3. The van der Waals surface area contributed by atoms with Gasteiger partial charge in [-0.05, 0) is 78.1 Å². The summed E-state index contributed by atoms with van der Waals surface area (Å²) in [7, 11) is 0. The number of fused-ring (bicyclic) bond motifs is 1. The molecule has 0 spiro atoms. The van der Waals surface area contributed by atoms with E-state index in [4.69, 9.17) is 9.47 Å². The summed E-state index contributed by atoms with van der Waals surface area (Å²) in [4.78, 5) is 39.9. The molecule has 0 aliphatic heterocycles. The van der Waals surface area contributed by atoms with Crippen molar-refractivity contribution in [3.05, 3.63) is 66.6 Å². The average molecular weight is 574 g/mol. The van der Waals surface area contributed by atoms with Crippen molar-refractivity contribution in [2.45, 2.75) is 73.5 Å². The summed E-state index contributed by atoms with van der Waals surface area (Å²) >= 11 is 0. The van der Waals surface area contributed by atoms with Gasteiger partial charge in [0.1, 0.15) is 23.2 Å². The smallest absolute Gasteiger partial charge is 0.425 e. The first-order chi connectivity index (χ1) is 19.7. The van der Waals surface area contributed by atoms with Crippen LogP contribution in [0.3, 0.4) is 0 Å². The van der Waals surface area contributed by atoms with Crippen LogP contribution in [0.25, 0.3) is 22.0 Å². The molecule has 0 aliphatic carbocycles. The van der Waals surface area contributed by atoms with Gasteiger partial charge in [0.15, 0.2) is 17.4 Å². The van der Waals surface area contributed by atoms with Gasteiger partial charge in [-0.25, -0.2) is 24.5 Å². The van der Waals surface area contributed by atoms with Gasteiger partial charge < -0.3 is 19.9 Å². The van der Waals surface area contributed by atoms with Gasteiger partial charge in [0.2, 0.25) is 0 Å². The zero-order valence-corrected chi connectivity index (χ0v) is 25.6. The number of benzene rings is 2. The van der Waals surface area contributed by atoms with Gasteiger partial charge in [0.25, 0.3) is 0 Å². The summed E-state index contributed by atoms with van der Waals surface area (Å²) in [6.45, 7) is 16.2. The Labute approximate surface area is 246 Å². The fourth-order valence-corrected chi connectivity index (χ4v) is 3.81. The maximum absolute atomic E-state index is 13.2. The summed E-state index contributed by atoms with van der Waals surface area (Å²) in [6, 6.07) is 14.6.